The van der Waals surface area contributed by atoms with Crippen molar-refractivity contribution < 1.29 is 32.9 Å². The second-order valence-corrected chi connectivity index (χ2v) is 21.4. The number of allylic oxidation sites excluding steroid dienone is 3. The summed E-state index contributed by atoms with van der Waals surface area (Å²) in [6.45, 7) is 4.83. The number of carbonyl (C=O) groups excluding carboxylic acids is 1. The SMILES string of the molecule is CCCCCCCCCCCCCCCCCCCC/C=C/CC/C=C/C(O)C(COP(=O)(O)OCC[N+](C)(C)C)NC(=O)CCCCCCCCCCCCCCCCCCC. The van der Waals surface area contributed by atoms with Gasteiger partial charge < -0.3 is 19.8 Å². The van der Waals surface area contributed by atoms with Crippen LogP contribution >= 0.6 is 7.82 Å². The molecule has 0 saturated carbocycles. The van der Waals surface area contributed by atoms with Gasteiger partial charge in [0.2, 0.25) is 5.91 Å². The van der Waals surface area contributed by atoms with E-state index in [1.165, 1.54) is 205 Å². The van der Waals surface area contributed by atoms with Gasteiger partial charge in [-0.05, 0) is 32.1 Å². The number of phosphoric acid groups is 1. The molecule has 0 radical (unpaired) electrons. The van der Waals surface area contributed by atoms with Gasteiger partial charge in [0.05, 0.1) is 39.9 Å². The lowest BCUT2D eigenvalue weighted by atomic mass is 10.0. The maximum absolute atomic E-state index is 12.9. The van der Waals surface area contributed by atoms with Crippen molar-refractivity contribution in [2.45, 2.75) is 276 Å². The Kier molecular flexibility index (Phi) is 45.4. The van der Waals surface area contributed by atoms with E-state index in [-0.39, 0.29) is 19.1 Å². The van der Waals surface area contributed by atoms with E-state index in [9.17, 15) is 19.4 Å². The second-order valence-electron chi connectivity index (χ2n) is 20.0. The van der Waals surface area contributed by atoms with E-state index in [4.69, 9.17) is 9.05 Å². The fourth-order valence-electron chi connectivity index (χ4n) is 8.12. The Balaban J connectivity index is 4.27. The second kappa shape index (κ2) is 46.1. The lowest BCUT2D eigenvalue weighted by Crippen LogP contribution is -2.45. The van der Waals surface area contributed by atoms with Gasteiger partial charge in [-0.25, -0.2) is 4.57 Å². The van der Waals surface area contributed by atoms with Gasteiger partial charge in [-0.2, -0.15) is 0 Å². The predicted molar refractivity (Wildman–Crippen MR) is 272 cm³/mol. The summed E-state index contributed by atoms with van der Waals surface area (Å²) in [4.78, 5) is 23.2. The first-order valence-electron chi connectivity index (χ1n) is 27.2. The van der Waals surface area contributed by atoms with Crippen LogP contribution in [0.15, 0.2) is 24.3 Å². The molecule has 0 spiro atoms. The molecule has 0 heterocycles. The lowest BCUT2D eigenvalue weighted by molar-refractivity contribution is -0.870. The summed E-state index contributed by atoms with van der Waals surface area (Å²) in [5, 5.41) is 13.9. The quantitative estimate of drug-likeness (QED) is 0.0243. The van der Waals surface area contributed by atoms with Gasteiger partial charge in [0.15, 0.2) is 0 Å². The van der Waals surface area contributed by atoms with Crippen molar-refractivity contribution in [3.05, 3.63) is 24.3 Å². The fourth-order valence-corrected chi connectivity index (χ4v) is 8.85. The minimum Gasteiger partial charge on any atom is -0.387 e. The van der Waals surface area contributed by atoms with E-state index in [0.717, 1.165) is 38.5 Å². The van der Waals surface area contributed by atoms with Crippen LogP contribution in [0.2, 0.25) is 0 Å². The van der Waals surface area contributed by atoms with Crippen molar-refractivity contribution in [1.82, 2.24) is 5.32 Å². The molecule has 3 unspecified atom stereocenters. The van der Waals surface area contributed by atoms with E-state index in [2.05, 4.69) is 31.3 Å². The maximum Gasteiger partial charge on any atom is 0.472 e. The van der Waals surface area contributed by atoms with E-state index in [1.54, 1.807) is 6.08 Å². The smallest absolute Gasteiger partial charge is 0.387 e. The van der Waals surface area contributed by atoms with Crippen molar-refractivity contribution in [2.75, 3.05) is 40.9 Å². The fraction of sp³-hybridized carbons (Fsp3) is 0.907. The molecular weight excluding hydrogens is 804 g/mol. The Morgan fingerprint density at radius 1 is 0.524 bits per heavy atom. The largest absolute Gasteiger partial charge is 0.472 e. The highest BCUT2D eigenvalue weighted by Crippen LogP contribution is 2.43. The Hall–Kier alpha value is -1.02. The molecule has 374 valence electrons. The highest BCUT2D eigenvalue weighted by atomic mass is 31.2. The van der Waals surface area contributed by atoms with Crippen LogP contribution < -0.4 is 5.32 Å². The number of hydrogen-bond donors (Lipinski definition) is 3. The van der Waals surface area contributed by atoms with Gasteiger partial charge in [0, 0.05) is 6.42 Å². The Morgan fingerprint density at radius 2 is 0.873 bits per heavy atom. The highest BCUT2D eigenvalue weighted by Gasteiger charge is 2.27. The zero-order valence-corrected chi connectivity index (χ0v) is 43.5. The molecular formula is C54H108N2O6P+. The summed E-state index contributed by atoms with van der Waals surface area (Å²) in [7, 11) is 1.57. The number of aliphatic hydroxyl groups excluding tert-OH is 1. The Morgan fingerprint density at radius 3 is 1.27 bits per heavy atom. The summed E-state index contributed by atoms with van der Waals surface area (Å²) in [5.74, 6) is -0.182. The number of quaternary nitrogens is 1. The van der Waals surface area contributed by atoms with Gasteiger partial charge >= 0.3 is 7.82 Å². The standard InChI is InChI=1S/C54H107N2O6P/c1-6-8-10-12-14-16-18-20-22-24-25-26-27-28-29-30-32-33-35-37-39-41-43-45-47-53(57)52(51-62-63(59,60)61-50-49-56(3,4)5)55-54(58)48-46-44-42-40-38-36-34-31-23-21-19-17-15-13-11-9-7-2/h37,39,45,47,52-53,57H,6-36,38,40-44,46,48-51H2,1-5H3,(H-,55,58,59,60)/p+1/b39-37+,47-45+. The van der Waals surface area contributed by atoms with E-state index in [0.29, 0.717) is 17.4 Å². The third kappa shape index (κ3) is 48.7. The first-order chi connectivity index (χ1) is 30.5. The normalized spacial score (nSPS) is 14.2. The molecule has 0 saturated heterocycles. The number of nitrogens with one attached hydrogen (secondary N) is 1. The van der Waals surface area contributed by atoms with Gasteiger partial charge in [-0.3, -0.25) is 13.8 Å². The molecule has 0 aliphatic carbocycles. The van der Waals surface area contributed by atoms with Gasteiger partial charge in [0.1, 0.15) is 13.2 Å². The molecule has 9 heteroatoms. The van der Waals surface area contributed by atoms with Gasteiger partial charge in [-0.1, -0.05) is 250 Å². The van der Waals surface area contributed by atoms with E-state index in [1.807, 2.05) is 27.2 Å². The molecule has 0 aliphatic heterocycles. The zero-order valence-electron chi connectivity index (χ0n) is 42.6. The summed E-state index contributed by atoms with van der Waals surface area (Å²) in [5.41, 5.74) is 0. The summed E-state index contributed by atoms with van der Waals surface area (Å²) >= 11 is 0. The Bertz CT molecular complexity index is 1080. The van der Waals surface area contributed by atoms with E-state index < -0.39 is 20.0 Å². The van der Waals surface area contributed by atoms with Crippen LogP contribution in [-0.2, 0) is 18.4 Å². The minimum atomic E-state index is -4.35. The van der Waals surface area contributed by atoms with Crippen LogP contribution in [0.5, 0.6) is 0 Å². The van der Waals surface area contributed by atoms with Crippen LogP contribution in [0.4, 0.5) is 0 Å². The molecule has 0 aromatic rings. The topological polar surface area (TPSA) is 105 Å². The van der Waals surface area contributed by atoms with Crippen molar-refractivity contribution in [3.8, 4) is 0 Å². The number of likely N-dealkylation sites (N-methyl/N-ethyl adjacent to an activating group) is 1. The molecule has 0 bridgehead atoms. The summed E-state index contributed by atoms with van der Waals surface area (Å²) in [6, 6.07) is -0.859. The molecule has 0 fully saturated rings. The molecule has 0 aliphatic rings. The third-order valence-corrected chi connectivity index (χ3v) is 13.4. The average molecular weight is 912 g/mol. The van der Waals surface area contributed by atoms with Crippen molar-refractivity contribution in [2.24, 2.45) is 0 Å². The number of hydrogen-bond acceptors (Lipinski definition) is 5. The number of unbranched alkanes of at least 4 members (excludes halogenated alkanes) is 35. The molecule has 3 atom stereocenters. The first kappa shape index (κ1) is 62.0. The molecule has 0 rings (SSSR count). The van der Waals surface area contributed by atoms with Crippen LogP contribution in [0, 0.1) is 0 Å². The zero-order chi connectivity index (χ0) is 46.4. The molecule has 3 N–H and O–H groups in total. The number of carbonyl (C=O) groups is 1. The highest BCUT2D eigenvalue weighted by molar-refractivity contribution is 7.47. The van der Waals surface area contributed by atoms with Crippen molar-refractivity contribution in [1.29, 1.82) is 0 Å². The van der Waals surface area contributed by atoms with Crippen LogP contribution in [-0.4, -0.2) is 73.4 Å². The minimum absolute atomic E-state index is 0.0587. The molecule has 63 heavy (non-hydrogen) atoms. The van der Waals surface area contributed by atoms with E-state index >= 15 is 0 Å². The monoisotopic (exact) mass is 912 g/mol. The van der Waals surface area contributed by atoms with Crippen molar-refractivity contribution >= 4 is 13.7 Å². The number of nitrogens with zero attached hydrogens (tertiary/aromatic N) is 1. The molecule has 0 aromatic heterocycles. The predicted octanol–water partition coefficient (Wildman–Crippen LogP) is 16.0. The third-order valence-electron chi connectivity index (χ3n) is 12.4. The van der Waals surface area contributed by atoms with Gasteiger partial charge in [-0.15, -0.1) is 0 Å². The number of amides is 1. The van der Waals surface area contributed by atoms with Crippen molar-refractivity contribution in [3.63, 3.8) is 0 Å². The van der Waals surface area contributed by atoms with Gasteiger partial charge in [0.25, 0.3) is 0 Å². The van der Waals surface area contributed by atoms with Crippen LogP contribution in [0.25, 0.3) is 0 Å². The average Bonchev–Trinajstić information content (AvgIpc) is 3.24. The molecule has 1 amide bonds. The first-order valence-corrected chi connectivity index (χ1v) is 28.7. The number of phosphoric ester groups is 1. The summed E-state index contributed by atoms with van der Waals surface area (Å²) < 4.78 is 23.7. The molecule has 8 nitrogen and oxygen atoms in total. The maximum atomic E-state index is 12.9. The number of rotatable bonds is 50. The summed E-state index contributed by atoms with van der Waals surface area (Å²) in [6.07, 6.45) is 57.0. The van der Waals surface area contributed by atoms with Crippen LogP contribution in [0.1, 0.15) is 264 Å². The van der Waals surface area contributed by atoms with Crippen LogP contribution in [0.3, 0.4) is 0 Å². The Labute approximate surface area is 392 Å². The molecule has 0 aromatic carbocycles. The lowest BCUT2D eigenvalue weighted by Gasteiger charge is -2.25. The number of aliphatic hydroxyl groups is 1.